The van der Waals surface area contributed by atoms with E-state index >= 15 is 0 Å². The molecule has 2 aliphatic heterocycles. The predicted molar refractivity (Wildman–Crippen MR) is 134 cm³/mol. The Bertz CT molecular complexity index is 602. The van der Waals surface area contributed by atoms with Crippen LogP contribution in [0.2, 0.25) is 0 Å². The highest BCUT2D eigenvalue weighted by molar-refractivity contribution is 14.0. The Morgan fingerprint density at radius 2 is 2.00 bits per heavy atom. The SMILES string of the molecule is CN=C(NCCCOC1CCN(Cc2ccccc2)CC1)N(C)CC1CCOC1.I. The molecular formula is C23H39IN4O2. The van der Waals surface area contributed by atoms with Crippen molar-refractivity contribution in [1.82, 2.24) is 15.1 Å². The van der Waals surface area contributed by atoms with Gasteiger partial charge in [0.2, 0.25) is 0 Å². The number of benzene rings is 1. The van der Waals surface area contributed by atoms with Crippen LogP contribution in [0, 0.1) is 5.92 Å². The summed E-state index contributed by atoms with van der Waals surface area (Å²) < 4.78 is 11.6. The van der Waals surface area contributed by atoms with Gasteiger partial charge in [-0.05, 0) is 31.2 Å². The van der Waals surface area contributed by atoms with Crippen LogP contribution in [0.5, 0.6) is 0 Å². The molecule has 2 fully saturated rings. The van der Waals surface area contributed by atoms with Gasteiger partial charge in [-0.2, -0.15) is 0 Å². The lowest BCUT2D eigenvalue weighted by Crippen LogP contribution is -2.42. The second-order valence-electron chi connectivity index (χ2n) is 8.27. The first-order valence-electron chi connectivity index (χ1n) is 11.1. The standard InChI is InChI=1S/C23H38N4O2.HI/c1-24-23(26(2)17-21-11-16-28-19-21)25-12-6-15-29-22-9-13-27(14-10-22)18-20-7-4-3-5-8-20;/h3-5,7-8,21-22H,6,9-19H2,1-2H3,(H,24,25);1H. The van der Waals surface area contributed by atoms with Gasteiger partial charge in [0.05, 0.1) is 12.7 Å². The number of likely N-dealkylation sites (tertiary alicyclic amines) is 1. The van der Waals surface area contributed by atoms with Crippen molar-refractivity contribution in [1.29, 1.82) is 0 Å². The summed E-state index contributed by atoms with van der Waals surface area (Å²) in [5.74, 6) is 1.58. The van der Waals surface area contributed by atoms with Crippen LogP contribution in [0.4, 0.5) is 0 Å². The van der Waals surface area contributed by atoms with Crippen molar-refractivity contribution in [2.24, 2.45) is 10.9 Å². The third-order valence-corrected chi connectivity index (χ3v) is 5.87. The fourth-order valence-electron chi connectivity index (χ4n) is 4.18. The third-order valence-electron chi connectivity index (χ3n) is 5.87. The number of rotatable bonds is 9. The monoisotopic (exact) mass is 530 g/mol. The normalized spacial score (nSPS) is 20.7. The summed E-state index contributed by atoms with van der Waals surface area (Å²) in [7, 11) is 3.96. The highest BCUT2D eigenvalue weighted by atomic mass is 127. The Morgan fingerprint density at radius 3 is 2.67 bits per heavy atom. The van der Waals surface area contributed by atoms with Crippen molar-refractivity contribution in [3.63, 3.8) is 0 Å². The van der Waals surface area contributed by atoms with Crippen LogP contribution in [-0.4, -0.2) is 82.0 Å². The number of guanidine groups is 1. The Balaban J connectivity index is 0.00000320. The van der Waals surface area contributed by atoms with Gasteiger partial charge in [-0.1, -0.05) is 30.3 Å². The maximum atomic E-state index is 6.13. The number of piperidine rings is 1. The van der Waals surface area contributed by atoms with Gasteiger partial charge in [0.25, 0.3) is 0 Å². The first-order valence-corrected chi connectivity index (χ1v) is 11.1. The van der Waals surface area contributed by atoms with Crippen LogP contribution in [0.25, 0.3) is 0 Å². The molecule has 1 atom stereocenters. The molecule has 7 heteroatoms. The third kappa shape index (κ3) is 8.69. The lowest BCUT2D eigenvalue weighted by atomic mass is 10.1. The zero-order valence-electron chi connectivity index (χ0n) is 18.6. The highest BCUT2D eigenvalue weighted by Gasteiger charge is 2.20. The van der Waals surface area contributed by atoms with E-state index in [4.69, 9.17) is 9.47 Å². The molecule has 0 amide bonds. The average molecular weight is 530 g/mol. The molecule has 1 N–H and O–H groups in total. The first-order chi connectivity index (χ1) is 14.2. The molecular weight excluding hydrogens is 491 g/mol. The smallest absolute Gasteiger partial charge is 0.193 e. The molecule has 0 saturated carbocycles. The van der Waals surface area contributed by atoms with Crippen LogP contribution in [-0.2, 0) is 16.0 Å². The maximum Gasteiger partial charge on any atom is 0.193 e. The topological polar surface area (TPSA) is 49.3 Å². The van der Waals surface area contributed by atoms with Crippen LogP contribution < -0.4 is 5.32 Å². The molecule has 6 nitrogen and oxygen atoms in total. The molecule has 2 aliphatic rings. The Labute approximate surface area is 199 Å². The van der Waals surface area contributed by atoms with Crippen LogP contribution in [0.15, 0.2) is 35.3 Å². The second kappa shape index (κ2) is 14.2. The molecule has 3 rings (SSSR count). The van der Waals surface area contributed by atoms with Gasteiger partial charge in [0.1, 0.15) is 0 Å². The molecule has 0 bridgehead atoms. The van der Waals surface area contributed by atoms with Crippen molar-refractivity contribution in [2.45, 2.75) is 38.3 Å². The fraction of sp³-hybridized carbons (Fsp3) is 0.696. The maximum absolute atomic E-state index is 6.13. The minimum absolute atomic E-state index is 0. The molecule has 2 heterocycles. The second-order valence-corrected chi connectivity index (χ2v) is 8.27. The summed E-state index contributed by atoms with van der Waals surface area (Å²) in [5, 5.41) is 3.46. The summed E-state index contributed by atoms with van der Waals surface area (Å²) in [6, 6.07) is 10.7. The number of hydrogen-bond donors (Lipinski definition) is 1. The van der Waals surface area contributed by atoms with E-state index in [2.05, 4.69) is 57.5 Å². The van der Waals surface area contributed by atoms with E-state index in [1.807, 2.05) is 7.05 Å². The van der Waals surface area contributed by atoms with Gasteiger partial charge in [0.15, 0.2) is 5.96 Å². The molecule has 1 unspecified atom stereocenters. The predicted octanol–water partition coefficient (Wildman–Crippen LogP) is 3.22. The number of ether oxygens (including phenoxy) is 2. The van der Waals surface area contributed by atoms with E-state index in [1.165, 1.54) is 5.56 Å². The van der Waals surface area contributed by atoms with Crippen molar-refractivity contribution in [2.75, 3.05) is 60.1 Å². The van der Waals surface area contributed by atoms with Crippen LogP contribution in [0.1, 0.15) is 31.2 Å². The highest BCUT2D eigenvalue weighted by Crippen LogP contribution is 2.16. The van der Waals surface area contributed by atoms with Gasteiger partial charge < -0.3 is 19.7 Å². The van der Waals surface area contributed by atoms with Gasteiger partial charge in [-0.3, -0.25) is 9.89 Å². The number of nitrogens with one attached hydrogen (secondary N) is 1. The molecule has 2 saturated heterocycles. The zero-order valence-corrected chi connectivity index (χ0v) is 20.9. The molecule has 170 valence electrons. The van der Waals surface area contributed by atoms with Crippen LogP contribution in [0.3, 0.4) is 0 Å². The quantitative estimate of drug-likeness (QED) is 0.230. The van der Waals surface area contributed by atoms with E-state index in [-0.39, 0.29) is 24.0 Å². The average Bonchev–Trinajstić information content (AvgIpc) is 3.25. The summed E-state index contributed by atoms with van der Waals surface area (Å²) >= 11 is 0. The lowest BCUT2D eigenvalue weighted by molar-refractivity contribution is 0.00531. The number of aliphatic imine (C=N–C) groups is 1. The van der Waals surface area contributed by atoms with E-state index < -0.39 is 0 Å². The molecule has 1 aromatic carbocycles. The number of nitrogens with zero attached hydrogens (tertiary/aromatic N) is 3. The van der Waals surface area contributed by atoms with Gasteiger partial charge in [0, 0.05) is 66.0 Å². The van der Waals surface area contributed by atoms with Gasteiger partial charge in [-0.15, -0.1) is 24.0 Å². The fourth-order valence-corrected chi connectivity index (χ4v) is 4.18. The summed E-state index contributed by atoms with van der Waals surface area (Å²) in [6.45, 7) is 7.78. The molecule has 1 aromatic rings. The first kappa shape index (κ1) is 25.4. The van der Waals surface area contributed by atoms with E-state index in [0.29, 0.717) is 12.0 Å². The Kier molecular flexibility index (Phi) is 12.0. The Hall–Kier alpha value is -0.900. The summed E-state index contributed by atoms with van der Waals surface area (Å²) in [6.07, 6.45) is 4.83. The number of hydrogen-bond acceptors (Lipinski definition) is 4. The van der Waals surface area contributed by atoms with Crippen molar-refractivity contribution in [3.05, 3.63) is 35.9 Å². The lowest BCUT2D eigenvalue weighted by Gasteiger charge is -2.32. The van der Waals surface area contributed by atoms with Gasteiger partial charge in [-0.25, -0.2) is 0 Å². The number of halogens is 1. The van der Waals surface area contributed by atoms with E-state index in [1.54, 1.807) is 0 Å². The molecule has 30 heavy (non-hydrogen) atoms. The van der Waals surface area contributed by atoms with Gasteiger partial charge >= 0.3 is 0 Å². The summed E-state index contributed by atoms with van der Waals surface area (Å²) in [4.78, 5) is 9.15. The van der Waals surface area contributed by atoms with Crippen molar-refractivity contribution < 1.29 is 9.47 Å². The Morgan fingerprint density at radius 1 is 1.23 bits per heavy atom. The molecule has 0 aromatic heterocycles. The van der Waals surface area contributed by atoms with Crippen LogP contribution >= 0.6 is 24.0 Å². The molecule has 0 aliphatic carbocycles. The molecule has 0 spiro atoms. The minimum atomic E-state index is 0. The summed E-state index contributed by atoms with van der Waals surface area (Å²) in [5.41, 5.74) is 1.40. The molecule has 0 radical (unpaired) electrons. The van der Waals surface area contributed by atoms with E-state index in [0.717, 1.165) is 84.2 Å². The van der Waals surface area contributed by atoms with Crippen molar-refractivity contribution in [3.8, 4) is 0 Å². The largest absolute Gasteiger partial charge is 0.381 e. The minimum Gasteiger partial charge on any atom is -0.381 e. The zero-order chi connectivity index (χ0) is 20.3. The van der Waals surface area contributed by atoms with E-state index in [9.17, 15) is 0 Å². The van der Waals surface area contributed by atoms with Crippen molar-refractivity contribution >= 4 is 29.9 Å².